The monoisotopic (exact) mass is 772 g/mol. The van der Waals surface area contributed by atoms with Crippen LogP contribution in [0.2, 0.25) is 21.0 Å². The Morgan fingerprint density at radius 3 is 1.67 bits per heavy atom. The second-order valence-electron chi connectivity index (χ2n) is 13.6. The number of ether oxygens (including phenoxy) is 3. The van der Waals surface area contributed by atoms with Crippen molar-refractivity contribution in [1.82, 2.24) is 0 Å². The minimum atomic E-state index is -4.64. The summed E-state index contributed by atoms with van der Waals surface area (Å²) in [5.41, 5.74) is 2.19. The molecule has 280 valence electrons. The van der Waals surface area contributed by atoms with Gasteiger partial charge in [0.25, 0.3) is 0 Å². The molecule has 9 heteroatoms. The molecule has 3 aromatic carbocycles. The average molecular weight is 772 g/mol. The quantitative estimate of drug-likeness (QED) is 0.0416. The zero-order valence-corrected chi connectivity index (χ0v) is 33.1. The molecule has 3 rings (SSSR count). The number of carbonyl (C=O) groups is 2. The molecule has 0 heterocycles. The molecule has 0 aliphatic rings. The number of hydrogen-bond donors (Lipinski definition) is 0. The van der Waals surface area contributed by atoms with Gasteiger partial charge in [0.2, 0.25) is 0 Å². The van der Waals surface area contributed by atoms with Crippen LogP contribution in [0.25, 0.3) is 11.1 Å². The number of rotatable bonds is 23. The van der Waals surface area contributed by atoms with Gasteiger partial charge in [-0.1, -0.05) is 38.3 Å². The fourth-order valence-electron chi connectivity index (χ4n) is 6.39. The molecule has 0 spiro atoms. The van der Waals surface area contributed by atoms with Crippen molar-refractivity contribution >= 4 is 25.2 Å². The van der Waals surface area contributed by atoms with E-state index in [9.17, 15) is 22.8 Å². The predicted molar refractivity (Wildman–Crippen MR) is 202 cm³/mol. The molecule has 1 atom stereocenters. The first-order valence-electron chi connectivity index (χ1n) is 19.0. The van der Waals surface area contributed by atoms with Crippen molar-refractivity contribution in [2.24, 2.45) is 0 Å². The Kier molecular flexibility index (Phi) is 18.1. The van der Waals surface area contributed by atoms with Gasteiger partial charge >= 0.3 is 153 Å². The van der Waals surface area contributed by atoms with Gasteiger partial charge in [0.05, 0.1) is 11.1 Å². The van der Waals surface area contributed by atoms with Gasteiger partial charge < -0.3 is 9.47 Å². The van der Waals surface area contributed by atoms with Gasteiger partial charge in [0.15, 0.2) is 6.10 Å². The first-order valence-corrected chi connectivity index (χ1v) is 24.9. The second kappa shape index (κ2) is 21.9. The van der Waals surface area contributed by atoms with Crippen LogP contribution in [0.4, 0.5) is 13.2 Å². The van der Waals surface area contributed by atoms with E-state index in [0.29, 0.717) is 25.0 Å². The molecule has 0 radical (unpaired) electrons. The zero-order valence-electron chi connectivity index (χ0n) is 31.0. The third-order valence-corrected chi connectivity index (χ3v) is 22.6. The first kappa shape index (κ1) is 42.1. The van der Waals surface area contributed by atoms with Gasteiger partial charge in [-0.05, 0) is 60.4 Å². The number of hydrogen-bond acceptors (Lipinski definition) is 5. The van der Waals surface area contributed by atoms with E-state index in [1.807, 2.05) is 43.3 Å². The summed E-state index contributed by atoms with van der Waals surface area (Å²) in [7, 11) is 0. The second-order valence-corrected chi connectivity index (χ2v) is 25.4. The Hall–Kier alpha value is -3.27. The molecule has 51 heavy (non-hydrogen) atoms. The molecule has 0 bridgehead atoms. The third-order valence-electron chi connectivity index (χ3n) is 10.2. The number of halogens is 3. The van der Waals surface area contributed by atoms with Gasteiger partial charge in [-0.3, -0.25) is 0 Å². The fraction of sp³-hybridized carbons (Fsp3) is 0.524. The van der Waals surface area contributed by atoms with Gasteiger partial charge in [-0.15, -0.1) is 0 Å². The Morgan fingerprint density at radius 2 is 1.10 bits per heavy atom. The van der Waals surface area contributed by atoms with Crippen LogP contribution in [0.5, 0.6) is 11.5 Å². The molecular formula is C42H57F3GeO5. The molecule has 0 aliphatic carbocycles. The Labute approximate surface area is 306 Å². The maximum absolute atomic E-state index is 13.4. The Morgan fingerprint density at radius 1 is 0.608 bits per heavy atom. The molecule has 0 N–H and O–H groups in total. The average Bonchev–Trinajstić information content (AvgIpc) is 3.14. The summed E-state index contributed by atoms with van der Waals surface area (Å²) in [6.45, 7) is 9.92. The van der Waals surface area contributed by atoms with Crippen molar-refractivity contribution in [1.29, 1.82) is 0 Å². The molecule has 0 fully saturated rings. The first-order chi connectivity index (χ1) is 24.5. The molecule has 0 saturated heterocycles. The van der Waals surface area contributed by atoms with Crippen LogP contribution < -0.4 is 9.47 Å². The van der Waals surface area contributed by atoms with Crippen molar-refractivity contribution < 1.29 is 37.0 Å². The van der Waals surface area contributed by atoms with E-state index >= 15 is 0 Å². The molecule has 0 unspecified atom stereocenters. The van der Waals surface area contributed by atoms with Crippen LogP contribution in [0, 0.1) is 0 Å². The topological polar surface area (TPSA) is 61.8 Å². The summed E-state index contributed by atoms with van der Waals surface area (Å²) in [5, 5.41) is 5.96. The number of carbonyl (C=O) groups excluding carboxylic acids is 2. The summed E-state index contributed by atoms with van der Waals surface area (Å²) in [6.07, 6.45) is 3.23. The Bertz CT molecular complexity index is 1430. The molecule has 0 amide bonds. The van der Waals surface area contributed by atoms with Crippen LogP contribution in [0.1, 0.15) is 119 Å². The van der Waals surface area contributed by atoms with Crippen molar-refractivity contribution in [3.63, 3.8) is 0 Å². The summed E-state index contributed by atoms with van der Waals surface area (Å²) in [4.78, 5) is 25.2. The van der Waals surface area contributed by atoms with E-state index in [0.717, 1.165) is 36.1 Å². The third kappa shape index (κ3) is 14.3. The van der Waals surface area contributed by atoms with Gasteiger partial charge in [0, 0.05) is 0 Å². The van der Waals surface area contributed by atoms with Crippen molar-refractivity contribution in [2.75, 3.05) is 6.61 Å². The van der Waals surface area contributed by atoms with Crippen molar-refractivity contribution in [3.05, 3.63) is 83.9 Å². The minimum Gasteiger partial charge on any atom is -0.167 e. The Balaban J connectivity index is 1.40. The van der Waals surface area contributed by atoms with Gasteiger partial charge in [-0.25, -0.2) is 9.59 Å². The smallest absolute Gasteiger partial charge is 0.167 e. The van der Waals surface area contributed by atoms with Crippen LogP contribution in [-0.2, 0) is 4.74 Å². The van der Waals surface area contributed by atoms with E-state index in [-0.39, 0.29) is 17.7 Å². The number of benzene rings is 3. The number of esters is 2. The molecule has 5 nitrogen and oxygen atoms in total. The molecular weight excluding hydrogens is 714 g/mol. The van der Waals surface area contributed by atoms with E-state index < -0.39 is 37.5 Å². The van der Waals surface area contributed by atoms with Crippen LogP contribution >= 0.6 is 0 Å². The normalized spacial score (nSPS) is 12.4. The van der Waals surface area contributed by atoms with Crippen LogP contribution in [0.15, 0.2) is 72.8 Å². The summed E-state index contributed by atoms with van der Waals surface area (Å²) in [6, 6.07) is 20.2. The van der Waals surface area contributed by atoms with E-state index in [1.54, 1.807) is 17.4 Å². The van der Waals surface area contributed by atoms with Crippen LogP contribution in [0.3, 0.4) is 0 Å². The maximum atomic E-state index is 13.4. The molecule has 0 aliphatic heterocycles. The van der Waals surface area contributed by atoms with Crippen LogP contribution in [-0.4, -0.2) is 44.1 Å². The predicted octanol–water partition coefficient (Wildman–Crippen LogP) is 12.9. The fourth-order valence-corrected chi connectivity index (χ4v) is 13.9. The van der Waals surface area contributed by atoms with E-state index in [2.05, 4.69) is 20.8 Å². The molecule has 3 aromatic rings. The van der Waals surface area contributed by atoms with Crippen molar-refractivity contribution in [2.45, 2.75) is 132 Å². The molecule has 0 aromatic heterocycles. The number of alkyl halides is 3. The van der Waals surface area contributed by atoms with Crippen molar-refractivity contribution in [3.8, 4) is 22.6 Å². The summed E-state index contributed by atoms with van der Waals surface area (Å²) < 4.78 is 56.4. The van der Waals surface area contributed by atoms with Gasteiger partial charge in [-0.2, -0.15) is 13.2 Å². The number of unbranched alkanes of at least 4 members (excludes halogenated alkanes) is 8. The zero-order chi connectivity index (χ0) is 37.1. The SMILES string of the molecule is CCCCCC[C@@H](OC(=O)c1ccc(OC(=O)c2ccc(-c3ccc(OCCCCCCC[CH2][Ge]([CH2]C)([CH2]C)[CH2]C)cc3)cc2)cc1)C(F)(F)F. The van der Waals surface area contributed by atoms with Gasteiger partial charge in [0.1, 0.15) is 5.75 Å². The minimum absolute atomic E-state index is 0.0572. The summed E-state index contributed by atoms with van der Waals surface area (Å²) in [5.74, 6) is -0.681. The van der Waals surface area contributed by atoms with E-state index in [4.69, 9.17) is 14.2 Å². The van der Waals surface area contributed by atoms with E-state index in [1.165, 1.54) is 72.1 Å². The molecule has 0 saturated carbocycles. The summed E-state index contributed by atoms with van der Waals surface area (Å²) >= 11 is -1.50. The standard InChI is InChI=1S/C42H57F3GeO5/c1-5-9-10-15-18-39(42(43,44)45)51-41(48)36-25-29-38(30-26-36)50-40(47)35-21-19-33(20-22-35)34-23-27-37(28-24-34)49-32-17-14-12-11-13-16-31-46(6-2,7-3)8-4/h19-30,39H,5-18,31-32H2,1-4H3/t39-/m1/s1.